The van der Waals surface area contributed by atoms with Crippen molar-refractivity contribution in [2.24, 2.45) is 0 Å². The molecule has 0 radical (unpaired) electrons. The van der Waals surface area contributed by atoms with Gasteiger partial charge in [-0.2, -0.15) is 0 Å². The number of unbranched alkanes of at least 4 members (excludes halogenated alkanes) is 6. The molecule has 0 unspecified atom stereocenters. The van der Waals surface area contributed by atoms with Crippen LogP contribution in [0.1, 0.15) is 62.4 Å². The van der Waals surface area contributed by atoms with Crippen LogP contribution >= 0.6 is 0 Å². The first-order valence-corrected chi connectivity index (χ1v) is 10.6. The highest BCUT2D eigenvalue weighted by Gasteiger charge is 2.12. The monoisotopic (exact) mass is 394 g/mol. The molecular weight excluding hydrogens is 364 g/mol. The van der Waals surface area contributed by atoms with Gasteiger partial charge >= 0.3 is 5.97 Å². The number of rotatable bonds is 11. The van der Waals surface area contributed by atoms with E-state index in [9.17, 15) is 4.79 Å². The second-order valence-electron chi connectivity index (χ2n) is 7.35. The summed E-state index contributed by atoms with van der Waals surface area (Å²) < 4.78 is 16.1. The summed E-state index contributed by atoms with van der Waals surface area (Å²) in [5.74, 6) is 0.649. The van der Waals surface area contributed by atoms with Gasteiger partial charge in [-0.3, -0.25) is 0 Å². The van der Waals surface area contributed by atoms with Crippen molar-refractivity contribution >= 4 is 16.9 Å². The fraction of sp³-hybridized carbons (Fsp3) is 0.400. The second-order valence-corrected chi connectivity index (χ2v) is 7.35. The van der Waals surface area contributed by atoms with Crippen molar-refractivity contribution < 1.29 is 18.7 Å². The van der Waals surface area contributed by atoms with E-state index in [2.05, 4.69) is 19.1 Å². The van der Waals surface area contributed by atoms with E-state index in [0.29, 0.717) is 5.58 Å². The standard InChI is InChI=1S/C25H30O4/c1-3-4-5-6-7-8-9-16-28-22-13-10-19(11-14-22)20-12-15-23-21(17-20)18-24(29-23)25(26)27-2/h10-15,17-18H,3-9,16H2,1-2H3. The summed E-state index contributed by atoms with van der Waals surface area (Å²) in [6, 6.07) is 15.7. The molecule has 0 saturated carbocycles. The minimum absolute atomic E-state index is 0.216. The van der Waals surface area contributed by atoms with Gasteiger partial charge in [-0.15, -0.1) is 0 Å². The second kappa shape index (κ2) is 10.7. The van der Waals surface area contributed by atoms with Crippen LogP contribution in [0.2, 0.25) is 0 Å². The zero-order valence-electron chi connectivity index (χ0n) is 17.4. The number of esters is 1. The Balaban J connectivity index is 1.52. The Labute approximate surface area is 172 Å². The lowest BCUT2D eigenvalue weighted by molar-refractivity contribution is 0.0567. The quantitative estimate of drug-likeness (QED) is 0.259. The summed E-state index contributed by atoms with van der Waals surface area (Å²) >= 11 is 0. The molecule has 4 heteroatoms. The Morgan fingerprint density at radius 2 is 1.55 bits per heavy atom. The van der Waals surface area contributed by atoms with E-state index < -0.39 is 5.97 Å². The lowest BCUT2D eigenvalue weighted by Crippen LogP contribution is -1.97. The van der Waals surface area contributed by atoms with Gasteiger partial charge in [-0.25, -0.2) is 4.79 Å². The van der Waals surface area contributed by atoms with Gasteiger partial charge in [-0.05, 0) is 47.9 Å². The molecule has 0 fully saturated rings. The first-order chi connectivity index (χ1) is 14.2. The number of furan rings is 1. The number of methoxy groups -OCH3 is 1. The molecule has 2 aromatic carbocycles. The number of ether oxygens (including phenoxy) is 2. The van der Waals surface area contributed by atoms with Crippen molar-refractivity contribution in [2.75, 3.05) is 13.7 Å². The highest BCUT2D eigenvalue weighted by Crippen LogP contribution is 2.28. The average molecular weight is 395 g/mol. The number of fused-ring (bicyclic) bond motifs is 1. The summed E-state index contributed by atoms with van der Waals surface area (Å²) in [6.45, 7) is 3.01. The van der Waals surface area contributed by atoms with E-state index in [-0.39, 0.29) is 5.76 Å². The summed E-state index contributed by atoms with van der Waals surface area (Å²) in [4.78, 5) is 11.6. The summed E-state index contributed by atoms with van der Waals surface area (Å²) in [6.07, 6.45) is 8.98. The highest BCUT2D eigenvalue weighted by atomic mass is 16.5. The molecule has 0 aliphatic rings. The van der Waals surface area contributed by atoms with Gasteiger partial charge in [0.2, 0.25) is 5.76 Å². The maximum absolute atomic E-state index is 11.6. The van der Waals surface area contributed by atoms with Crippen molar-refractivity contribution in [2.45, 2.75) is 51.9 Å². The molecule has 154 valence electrons. The zero-order chi connectivity index (χ0) is 20.5. The van der Waals surface area contributed by atoms with Crippen LogP contribution in [-0.2, 0) is 4.74 Å². The third-order valence-electron chi connectivity index (χ3n) is 5.11. The maximum Gasteiger partial charge on any atom is 0.373 e. The fourth-order valence-electron chi connectivity index (χ4n) is 3.42. The van der Waals surface area contributed by atoms with Crippen LogP contribution < -0.4 is 4.74 Å². The minimum atomic E-state index is -0.467. The predicted molar refractivity (Wildman–Crippen MR) is 116 cm³/mol. The van der Waals surface area contributed by atoms with Crippen LogP contribution in [0.25, 0.3) is 22.1 Å². The highest BCUT2D eigenvalue weighted by molar-refractivity contribution is 5.93. The molecule has 4 nitrogen and oxygen atoms in total. The van der Waals surface area contributed by atoms with Gasteiger partial charge in [0.15, 0.2) is 0 Å². The normalized spacial score (nSPS) is 11.0. The van der Waals surface area contributed by atoms with Crippen molar-refractivity contribution in [1.82, 2.24) is 0 Å². The van der Waals surface area contributed by atoms with E-state index >= 15 is 0 Å². The molecule has 1 heterocycles. The third kappa shape index (κ3) is 5.86. The van der Waals surface area contributed by atoms with E-state index in [1.807, 2.05) is 30.3 Å². The van der Waals surface area contributed by atoms with Crippen molar-refractivity contribution in [1.29, 1.82) is 0 Å². The molecule has 3 aromatic rings. The van der Waals surface area contributed by atoms with Gasteiger partial charge in [0.25, 0.3) is 0 Å². The van der Waals surface area contributed by atoms with Crippen LogP contribution in [0.4, 0.5) is 0 Å². The predicted octanol–water partition coefficient (Wildman–Crippen LogP) is 7.02. The molecule has 3 rings (SSSR count). The molecule has 0 N–H and O–H groups in total. The number of carbonyl (C=O) groups excluding carboxylic acids is 1. The van der Waals surface area contributed by atoms with Crippen molar-refractivity contribution in [3.05, 3.63) is 54.3 Å². The first-order valence-electron chi connectivity index (χ1n) is 10.6. The topological polar surface area (TPSA) is 48.7 Å². The third-order valence-corrected chi connectivity index (χ3v) is 5.11. The van der Waals surface area contributed by atoms with E-state index in [1.165, 1.54) is 45.6 Å². The molecule has 0 atom stereocenters. The van der Waals surface area contributed by atoms with Crippen molar-refractivity contribution in [3.8, 4) is 16.9 Å². The lowest BCUT2D eigenvalue weighted by atomic mass is 10.0. The summed E-state index contributed by atoms with van der Waals surface area (Å²) in [7, 11) is 1.35. The lowest BCUT2D eigenvalue weighted by Gasteiger charge is -2.08. The van der Waals surface area contributed by atoms with Crippen LogP contribution in [0, 0.1) is 0 Å². The van der Waals surface area contributed by atoms with E-state index in [4.69, 9.17) is 13.9 Å². The SMILES string of the molecule is CCCCCCCCCOc1ccc(-c2ccc3oc(C(=O)OC)cc3c2)cc1. The van der Waals surface area contributed by atoms with Crippen LogP contribution in [-0.4, -0.2) is 19.7 Å². The molecule has 1 aromatic heterocycles. The average Bonchev–Trinajstić information content (AvgIpc) is 3.19. The fourth-order valence-corrected chi connectivity index (χ4v) is 3.42. The number of hydrogen-bond acceptors (Lipinski definition) is 4. The Hall–Kier alpha value is -2.75. The zero-order valence-corrected chi connectivity index (χ0v) is 17.4. The summed E-state index contributed by atoms with van der Waals surface area (Å²) in [5, 5.41) is 0.877. The Morgan fingerprint density at radius 1 is 0.862 bits per heavy atom. The molecule has 0 aliphatic carbocycles. The van der Waals surface area contributed by atoms with Crippen LogP contribution in [0.3, 0.4) is 0 Å². The van der Waals surface area contributed by atoms with Crippen LogP contribution in [0.15, 0.2) is 52.9 Å². The number of hydrogen-bond donors (Lipinski definition) is 0. The van der Waals surface area contributed by atoms with Gasteiger partial charge in [0.05, 0.1) is 13.7 Å². The number of carbonyl (C=O) groups is 1. The molecule has 0 amide bonds. The molecule has 29 heavy (non-hydrogen) atoms. The Bertz CT molecular complexity index is 908. The van der Waals surface area contributed by atoms with Gasteiger partial charge < -0.3 is 13.9 Å². The van der Waals surface area contributed by atoms with Crippen LogP contribution in [0.5, 0.6) is 5.75 Å². The van der Waals surface area contributed by atoms with Gasteiger partial charge in [0, 0.05) is 5.39 Å². The van der Waals surface area contributed by atoms with Gasteiger partial charge in [-0.1, -0.05) is 63.6 Å². The Morgan fingerprint density at radius 3 is 2.28 bits per heavy atom. The summed E-state index contributed by atoms with van der Waals surface area (Å²) in [5.41, 5.74) is 2.83. The smallest absolute Gasteiger partial charge is 0.373 e. The molecule has 0 aliphatic heterocycles. The molecule has 0 bridgehead atoms. The molecule has 0 saturated heterocycles. The van der Waals surface area contributed by atoms with E-state index in [1.54, 1.807) is 6.07 Å². The minimum Gasteiger partial charge on any atom is -0.494 e. The molecule has 0 spiro atoms. The van der Waals surface area contributed by atoms with Crippen molar-refractivity contribution in [3.63, 3.8) is 0 Å². The molecular formula is C25H30O4. The maximum atomic E-state index is 11.6. The van der Waals surface area contributed by atoms with Gasteiger partial charge in [0.1, 0.15) is 11.3 Å². The van der Waals surface area contributed by atoms with E-state index in [0.717, 1.165) is 35.3 Å². The number of benzene rings is 2. The largest absolute Gasteiger partial charge is 0.494 e. The Kier molecular flexibility index (Phi) is 7.74. The first kappa shape index (κ1) is 21.0.